The monoisotopic (exact) mass is 373 g/mol. The van der Waals surface area contributed by atoms with Gasteiger partial charge in [0.15, 0.2) is 0 Å². The summed E-state index contributed by atoms with van der Waals surface area (Å²) in [5.41, 5.74) is 1.22. The SMILES string of the molecule is CCc1nnc2n1CCC1(CC2)CCN(C(=O)c2sc(C)nc2C)CC1. The van der Waals surface area contributed by atoms with E-state index in [-0.39, 0.29) is 5.91 Å². The number of piperidine rings is 1. The summed E-state index contributed by atoms with van der Waals surface area (Å²) < 4.78 is 2.33. The quantitative estimate of drug-likeness (QED) is 0.811. The fourth-order valence-electron chi connectivity index (χ4n) is 4.49. The van der Waals surface area contributed by atoms with E-state index in [2.05, 4.69) is 26.7 Å². The van der Waals surface area contributed by atoms with Gasteiger partial charge in [-0.05, 0) is 44.9 Å². The van der Waals surface area contributed by atoms with E-state index in [9.17, 15) is 4.79 Å². The molecule has 1 spiro atoms. The average Bonchev–Trinajstić information content (AvgIpc) is 3.15. The van der Waals surface area contributed by atoms with Crippen molar-refractivity contribution in [2.24, 2.45) is 5.41 Å². The van der Waals surface area contributed by atoms with Crippen LogP contribution in [0.2, 0.25) is 0 Å². The van der Waals surface area contributed by atoms with Crippen LogP contribution < -0.4 is 0 Å². The van der Waals surface area contributed by atoms with Crippen molar-refractivity contribution >= 4 is 17.2 Å². The first-order valence-electron chi connectivity index (χ1n) is 9.65. The standard InChI is InChI=1S/C19H27N5OS/c1-4-15-21-22-16-5-6-19(9-12-24(15)16)7-10-23(11-8-19)18(25)17-13(2)20-14(3)26-17/h4-12H2,1-3H3. The van der Waals surface area contributed by atoms with Crippen LogP contribution in [0.1, 0.15) is 64.6 Å². The summed E-state index contributed by atoms with van der Waals surface area (Å²) in [6, 6.07) is 0. The number of aromatic nitrogens is 4. The zero-order valence-electron chi connectivity index (χ0n) is 15.9. The fourth-order valence-corrected chi connectivity index (χ4v) is 5.37. The molecule has 4 rings (SSSR count). The summed E-state index contributed by atoms with van der Waals surface area (Å²) in [7, 11) is 0. The Morgan fingerprint density at radius 1 is 1.12 bits per heavy atom. The van der Waals surface area contributed by atoms with E-state index in [1.165, 1.54) is 17.8 Å². The molecule has 0 aromatic carbocycles. The number of carbonyl (C=O) groups excluding carboxylic acids is 1. The van der Waals surface area contributed by atoms with Gasteiger partial charge < -0.3 is 9.47 Å². The number of rotatable bonds is 2. The van der Waals surface area contributed by atoms with Crippen LogP contribution in [0.25, 0.3) is 0 Å². The van der Waals surface area contributed by atoms with Crippen LogP contribution >= 0.6 is 11.3 Å². The van der Waals surface area contributed by atoms with Gasteiger partial charge in [0.1, 0.15) is 16.5 Å². The first-order valence-corrected chi connectivity index (χ1v) is 10.5. The molecule has 0 N–H and O–H groups in total. The normalized spacial score (nSPS) is 19.4. The van der Waals surface area contributed by atoms with Crippen molar-refractivity contribution in [2.75, 3.05) is 13.1 Å². The van der Waals surface area contributed by atoms with E-state index in [4.69, 9.17) is 0 Å². The molecule has 1 amide bonds. The molecule has 140 valence electrons. The minimum atomic E-state index is 0.168. The second-order valence-electron chi connectivity index (χ2n) is 7.73. The van der Waals surface area contributed by atoms with Crippen molar-refractivity contribution in [2.45, 2.75) is 65.8 Å². The Hall–Kier alpha value is -1.76. The van der Waals surface area contributed by atoms with Gasteiger partial charge in [0.25, 0.3) is 5.91 Å². The second kappa shape index (κ2) is 6.76. The van der Waals surface area contributed by atoms with Crippen molar-refractivity contribution in [3.8, 4) is 0 Å². The molecular formula is C19H27N5OS. The number of amides is 1. The largest absolute Gasteiger partial charge is 0.338 e. The number of nitrogens with zero attached hydrogens (tertiary/aromatic N) is 5. The van der Waals surface area contributed by atoms with E-state index in [0.29, 0.717) is 5.41 Å². The molecule has 0 unspecified atom stereocenters. The van der Waals surface area contributed by atoms with Crippen molar-refractivity contribution in [3.63, 3.8) is 0 Å². The summed E-state index contributed by atoms with van der Waals surface area (Å²) in [6.07, 6.45) is 6.47. The Labute approximate surface area is 158 Å². The maximum atomic E-state index is 12.9. The van der Waals surface area contributed by atoms with E-state index < -0.39 is 0 Å². The molecule has 4 heterocycles. The first-order chi connectivity index (χ1) is 12.5. The molecule has 0 aliphatic carbocycles. The van der Waals surface area contributed by atoms with E-state index in [1.807, 2.05) is 18.7 Å². The predicted octanol–water partition coefficient (Wildman–Crippen LogP) is 3.17. The minimum Gasteiger partial charge on any atom is -0.338 e. The van der Waals surface area contributed by atoms with Gasteiger partial charge in [-0.1, -0.05) is 6.92 Å². The highest BCUT2D eigenvalue weighted by Gasteiger charge is 2.38. The molecule has 0 bridgehead atoms. The van der Waals surface area contributed by atoms with E-state index in [0.717, 1.165) is 79.0 Å². The van der Waals surface area contributed by atoms with Crippen LogP contribution in [0.4, 0.5) is 0 Å². The molecular weight excluding hydrogens is 346 g/mol. The number of likely N-dealkylation sites (tertiary alicyclic amines) is 1. The molecule has 1 saturated heterocycles. The lowest BCUT2D eigenvalue weighted by Crippen LogP contribution is -2.43. The molecule has 1 fully saturated rings. The van der Waals surface area contributed by atoms with Gasteiger partial charge in [-0.15, -0.1) is 21.5 Å². The molecule has 7 heteroatoms. The molecule has 2 aliphatic rings. The van der Waals surface area contributed by atoms with Crippen LogP contribution in [-0.4, -0.2) is 43.6 Å². The van der Waals surface area contributed by atoms with E-state index >= 15 is 0 Å². The lowest BCUT2D eigenvalue weighted by molar-refractivity contribution is 0.0539. The molecule has 0 radical (unpaired) electrons. The second-order valence-corrected chi connectivity index (χ2v) is 8.93. The van der Waals surface area contributed by atoms with Crippen LogP contribution in [0.5, 0.6) is 0 Å². The summed E-state index contributed by atoms with van der Waals surface area (Å²) in [5, 5.41) is 9.70. The summed E-state index contributed by atoms with van der Waals surface area (Å²) in [6.45, 7) is 8.78. The number of hydrogen-bond acceptors (Lipinski definition) is 5. The maximum absolute atomic E-state index is 12.9. The number of hydrogen-bond donors (Lipinski definition) is 0. The molecule has 26 heavy (non-hydrogen) atoms. The van der Waals surface area contributed by atoms with Crippen molar-refractivity contribution in [1.29, 1.82) is 0 Å². The summed E-state index contributed by atoms with van der Waals surface area (Å²) in [5.74, 6) is 2.43. The van der Waals surface area contributed by atoms with Crippen LogP contribution in [0, 0.1) is 19.3 Å². The Morgan fingerprint density at radius 3 is 2.50 bits per heavy atom. The van der Waals surface area contributed by atoms with Gasteiger partial charge in [-0.25, -0.2) is 4.98 Å². The van der Waals surface area contributed by atoms with Crippen molar-refractivity contribution in [1.82, 2.24) is 24.6 Å². The highest BCUT2D eigenvalue weighted by molar-refractivity contribution is 7.13. The Kier molecular flexibility index (Phi) is 4.59. The summed E-state index contributed by atoms with van der Waals surface area (Å²) in [4.78, 5) is 20.1. The molecule has 2 aromatic rings. The van der Waals surface area contributed by atoms with Crippen LogP contribution in [0.3, 0.4) is 0 Å². The zero-order valence-corrected chi connectivity index (χ0v) is 16.7. The third kappa shape index (κ3) is 3.06. The lowest BCUT2D eigenvalue weighted by Gasteiger charge is -2.41. The van der Waals surface area contributed by atoms with Crippen LogP contribution in [-0.2, 0) is 19.4 Å². The van der Waals surface area contributed by atoms with Gasteiger partial charge in [0.2, 0.25) is 0 Å². The third-order valence-corrected chi connectivity index (χ3v) is 7.23. The number of thiazole rings is 1. The third-order valence-electron chi connectivity index (χ3n) is 6.17. The zero-order chi connectivity index (χ0) is 18.3. The molecule has 6 nitrogen and oxygen atoms in total. The highest BCUT2D eigenvalue weighted by atomic mass is 32.1. The maximum Gasteiger partial charge on any atom is 0.265 e. The number of fused-ring (bicyclic) bond motifs is 1. The van der Waals surface area contributed by atoms with Crippen molar-refractivity contribution in [3.05, 3.63) is 27.2 Å². The van der Waals surface area contributed by atoms with Crippen LogP contribution in [0.15, 0.2) is 0 Å². The average molecular weight is 374 g/mol. The minimum absolute atomic E-state index is 0.168. The molecule has 2 aromatic heterocycles. The lowest BCUT2D eigenvalue weighted by atomic mass is 9.72. The first kappa shape index (κ1) is 17.6. The smallest absolute Gasteiger partial charge is 0.265 e. The Bertz CT molecular complexity index is 816. The van der Waals surface area contributed by atoms with E-state index in [1.54, 1.807) is 0 Å². The Morgan fingerprint density at radius 2 is 1.85 bits per heavy atom. The molecule has 0 atom stereocenters. The fraction of sp³-hybridized carbons (Fsp3) is 0.684. The highest BCUT2D eigenvalue weighted by Crippen LogP contribution is 2.42. The van der Waals surface area contributed by atoms with Crippen molar-refractivity contribution < 1.29 is 4.79 Å². The number of carbonyl (C=O) groups is 1. The van der Waals surface area contributed by atoms with Gasteiger partial charge in [-0.3, -0.25) is 4.79 Å². The summed E-state index contributed by atoms with van der Waals surface area (Å²) >= 11 is 1.52. The molecule has 2 aliphatic heterocycles. The van der Waals surface area contributed by atoms with Gasteiger partial charge in [0.05, 0.1) is 10.7 Å². The predicted molar refractivity (Wildman–Crippen MR) is 101 cm³/mol. The van der Waals surface area contributed by atoms with Gasteiger partial charge in [0, 0.05) is 32.5 Å². The van der Waals surface area contributed by atoms with Gasteiger partial charge in [-0.2, -0.15) is 0 Å². The Balaban J connectivity index is 1.43. The molecule has 0 saturated carbocycles. The number of aryl methyl sites for hydroxylation is 4. The van der Waals surface area contributed by atoms with Gasteiger partial charge >= 0.3 is 0 Å². The topological polar surface area (TPSA) is 63.9 Å².